The summed E-state index contributed by atoms with van der Waals surface area (Å²) in [6, 6.07) is 1.73. The molecule has 1 unspecified atom stereocenters. The van der Waals surface area contributed by atoms with Gasteiger partial charge in [-0.15, -0.1) is 0 Å². The number of carbonyl (C=O) groups excluding carboxylic acids is 1. The Labute approximate surface area is 108 Å². The van der Waals surface area contributed by atoms with Gasteiger partial charge in [0.2, 0.25) is 5.91 Å². The van der Waals surface area contributed by atoms with Gasteiger partial charge >= 0.3 is 0 Å². The normalized spacial score (nSPS) is 18.3. The fraction of sp³-hybridized carbons (Fsp3) is 0.538. The van der Waals surface area contributed by atoms with E-state index in [0.717, 1.165) is 37.4 Å². The number of nitrogens with zero attached hydrogens (tertiary/aromatic N) is 2. The Morgan fingerprint density at radius 1 is 1.50 bits per heavy atom. The highest BCUT2D eigenvalue weighted by molar-refractivity contribution is 5.95. The minimum absolute atomic E-state index is 0.0474. The van der Waals surface area contributed by atoms with E-state index in [2.05, 4.69) is 20.5 Å². The third kappa shape index (κ3) is 3.05. The summed E-state index contributed by atoms with van der Waals surface area (Å²) >= 11 is 0. The van der Waals surface area contributed by atoms with Crippen LogP contribution in [0, 0.1) is 6.92 Å². The molecule has 5 heteroatoms. The summed E-state index contributed by atoms with van der Waals surface area (Å²) in [5, 5.41) is 6.25. The molecule has 18 heavy (non-hydrogen) atoms. The van der Waals surface area contributed by atoms with E-state index >= 15 is 0 Å². The lowest BCUT2D eigenvalue weighted by molar-refractivity contribution is -0.120. The second-order valence-corrected chi connectivity index (χ2v) is 4.64. The van der Waals surface area contributed by atoms with Crippen molar-refractivity contribution in [3.63, 3.8) is 0 Å². The molecule has 1 aromatic rings. The van der Waals surface area contributed by atoms with Gasteiger partial charge in [0, 0.05) is 44.3 Å². The van der Waals surface area contributed by atoms with Crippen molar-refractivity contribution in [3.05, 3.63) is 24.0 Å². The molecular weight excluding hydrogens is 228 g/mol. The second-order valence-electron chi connectivity index (χ2n) is 4.64. The first-order valence-corrected chi connectivity index (χ1v) is 6.34. The van der Waals surface area contributed by atoms with Crippen LogP contribution in [0.2, 0.25) is 0 Å². The van der Waals surface area contributed by atoms with Crippen LogP contribution in [0.5, 0.6) is 0 Å². The summed E-state index contributed by atoms with van der Waals surface area (Å²) in [6.07, 6.45) is 3.45. The van der Waals surface area contributed by atoms with Crippen LogP contribution < -0.4 is 10.6 Å². The van der Waals surface area contributed by atoms with Gasteiger partial charge in [-0.05, 0) is 25.5 Å². The summed E-state index contributed by atoms with van der Waals surface area (Å²) in [5.41, 5.74) is 1.83. The number of carbonyl (C=O) groups is 1. The zero-order chi connectivity index (χ0) is 13.0. The Kier molecular flexibility index (Phi) is 4.28. The Hall–Kier alpha value is -1.46. The molecule has 1 aliphatic heterocycles. The van der Waals surface area contributed by atoms with Gasteiger partial charge in [-0.3, -0.25) is 14.7 Å². The van der Waals surface area contributed by atoms with Gasteiger partial charge < -0.3 is 10.6 Å². The largest absolute Gasteiger partial charge is 0.324 e. The zero-order valence-corrected chi connectivity index (χ0v) is 10.9. The van der Waals surface area contributed by atoms with Crippen LogP contribution >= 0.6 is 0 Å². The number of hydrogen-bond donors (Lipinski definition) is 2. The van der Waals surface area contributed by atoms with Gasteiger partial charge in [0.15, 0.2) is 0 Å². The van der Waals surface area contributed by atoms with Crippen molar-refractivity contribution in [1.29, 1.82) is 0 Å². The number of anilines is 1. The molecule has 1 saturated heterocycles. The summed E-state index contributed by atoms with van der Waals surface area (Å²) in [6.45, 7) is 7.64. The Morgan fingerprint density at radius 3 is 2.89 bits per heavy atom. The first-order valence-electron chi connectivity index (χ1n) is 6.34. The lowest BCUT2D eigenvalue weighted by atomic mass is 10.2. The Balaban J connectivity index is 1.97. The van der Waals surface area contributed by atoms with Gasteiger partial charge in [-0.1, -0.05) is 0 Å². The molecule has 0 spiro atoms. The average Bonchev–Trinajstić information content (AvgIpc) is 2.41. The highest BCUT2D eigenvalue weighted by Gasteiger charge is 2.22. The third-order valence-corrected chi connectivity index (χ3v) is 3.36. The summed E-state index contributed by atoms with van der Waals surface area (Å²) in [5.74, 6) is 0.0474. The molecule has 2 heterocycles. The van der Waals surface area contributed by atoms with E-state index in [1.54, 1.807) is 12.4 Å². The molecule has 0 aliphatic carbocycles. The van der Waals surface area contributed by atoms with Gasteiger partial charge in [-0.2, -0.15) is 0 Å². The summed E-state index contributed by atoms with van der Waals surface area (Å²) in [4.78, 5) is 18.4. The molecule has 1 fully saturated rings. The SMILES string of the molecule is Cc1cnccc1NC(=O)C(C)N1CCNCC1. The smallest absolute Gasteiger partial charge is 0.241 e. The number of aromatic nitrogens is 1. The van der Waals surface area contributed by atoms with Crippen molar-refractivity contribution in [1.82, 2.24) is 15.2 Å². The second kappa shape index (κ2) is 5.93. The first-order chi connectivity index (χ1) is 8.68. The fourth-order valence-corrected chi connectivity index (χ4v) is 2.09. The van der Waals surface area contributed by atoms with Crippen LogP contribution in [-0.4, -0.2) is 48.0 Å². The predicted octanol–water partition coefficient (Wildman–Crippen LogP) is 0.622. The first kappa shape index (κ1) is 13.0. The van der Waals surface area contributed by atoms with E-state index in [9.17, 15) is 4.79 Å². The van der Waals surface area contributed by atoms with E-state index in [4.69, 9.17) is 0 Å². The monoisotopic (exact) mass is 248 g/mol. The van der Waals surface area contributed by atoms with E-state index < -0.39 is 0 Å². The van der Waals surface area contributed by atoms with Crippen LogP contribution in [0.15, 0.2) is 18.5 Å². The minimum atomic E-state index is -0.0975. The lowest BCUT2D eigenvalue weighted by Crippen LogP contribution is -2.51. The van der Waals surface area contributed by atoms with Gasteiger partial charge in [0.1, 0.15) is 0 Å². The van der Waals surface area contributed by atoms with E-state index in [-0.39, 0.29) is 11.9 Å². The van der Waals surface area contributed by atoms with Gasteiger partial charge in [-0.25, -0.2) is 0 Å². The number of pyridine rings is 1. The number of hydrogen-bond acceptors (Lipinski definition) is 4. The van der Waals surface area contributed by atoms with Crippen molar-refractivity contribution in [2.45, 2.75) is 19.9 Å². The maximum atomic E-state index is 12.2. The maximum Gasteiger partial charge on any atom is 0.241 e. The topological polar surface area (TPSA) is 57.3 Å². The van der Waals surface area contributed by atoms with Crippen LogP contribution in [-0.2, 0) is 4.79 Å². The van der Waals surface area contributed by atoms with Crippen LogP contribution in [0.25, 0.3) is 0 Å². The number of rotatable bonds is 3. The molecule has 98 valence electrons. The molecule has 0 bridgehead atoms. The number of piperazine rings is 1. The lowest BCUT2D eigenvalue weighted by Gasteiger charge is -2.31. The van der Waals surface area contributed by atoms with E-state index in [1.165, 1.54) is 0 Å². The zero-order valence-electron chi connectivity index (χ0n) is 10.9. The highest BCUT2D eigenvalue weighted by Crippen LogP contribution is 2.13. The number of nitrogens with one attached hydrogen (secondary N) is 2. The average molecular weight is 248 g/mol. The molecule has 0 radical (unpaired) electrons. The molecule has 1 aliphatic rings. The third-order valence-electron chi connectivity index (χ3n) is 3.36. The van der Waals surface area contributed by atoms with Crippen molar-refractivity contribution >= 4 is 11.6 Å². The van der Waals surface area contributed by atoms with Gasteiger partial charge in [0.05, 0.1) is 6.04 Å². The molecule has 1 aromatic heterocycles. The molecule has 0 saturated carbocycles. The standard InChI is InChI=1S/C13H20N4O/c1-10-9-15-4-3-12(10)16-13(18)11(2)17-7-5-14-6-8-17/h3-4,9,11,14H,5-8H2,1-2H3,(H,15,16,18). The molecule has 2 rings (SSSR count). The highest BCUT2D eigenvalue weighted by atomic mass is 16.2. The maximum absolute atomic E-state index is 12.2. The van der Waals surface area contributed by atoms with Crippen LogP contribution in [0.1, 0.15) is 12.5 Å². The van der Waals surface area contributed by atoms with Gasteiger partial charge in [0.25, 0.3) is 0 Å². The Bertz CT molecular complexity index is 415. The molecule has 0 aromatic carbocycles. The predicted molar refractivity (Wildman–Crippen MR) is 71.5 cm³/mol. The molecule has 1 atom stereocenters. The molecule has 2 N–H and O–H groups in total. The van der Waals surface area contributed by atoms with Crippen molar-refractivity contribution in [2.24, 2.45) is 0 Å². The van der Waals surface area contributed by atoms with Crippen molar-refractivity contribution in [2.75, 3.05) is 31.5 Å². The van der Waals surface area contributed by atoms with Crippen molar-refractivity contribution < 1.29 is 4.79 Å². The van der Waals surface area contributed by atoms with Crippen LogP contribution in [0.3, 0.4) is 0 Å². The molecule has 1 amide bonds. The molecular formula is C13H20N4O. The summed E-state index contributed by atoms with van der Waals surface area (Å²) < 4.78 is 0. The molecule has 5 nitrogen and oxygen atoms in total. The minimum Gasteiger partial charge on any atom is -0.324 e. The number of aryl methyl sites for hydroxylation is 1. The number of amides is 1. The Morgan fingerprint density at radius 2 is 2.22 bits per heavy atom. The van der Waals surface area contributed by atoms with Crippen molar-refractivity contribution in [3.8, 4) is 0 Å². The van der Waals surface area contributed by atoms with E-state index in [0.29, 0.717) is 0 Å². The van der Waals surface area contributed by atoms with Crippen LogP contribution in [0.4, 0.5) is 5.69 Å². The summed E-state index contributed by atoms with van der Waals surface area (Å²) in [7, 11) is 0. The van der Waals surface area contributed by atoms with E-state index in [1.807, 2.05) is 19.9 Å². The fourth-order valence-electron chi connectivity index (χ4n) is 2.09. The quantitative estimate of drug-likeness (QED) is 0.823.